The Morgan fingerprint density at radius 3 is 2.69 bits per heavy atom. The normalized spacial score (nSPS) is 17.1. The largest absolute Gasteiger partial charge is 0.306 e. The predicted octanol–water partition coefficient (Wildman–Crippen LogP) is 5.14. The van der Waals surface area contributed by atoms with Gasteiger partial charge in [-0.1, -0.05) is 35.3 Å². The number of hydrogen-bond donors (Lipinski definition) is 1. The van der Waals surface area contributed by atoms with Gasteiger partial charge in [0, 0.05) is 11.1 Å². The fourth-order valence-electron chi connectivity index (χ4n) is 3.06. The lowest BCUT2D eigenvalue weighted by Crippen LogP contribution is -2.29. The van der Waals surface area contributed by atoms with Crippen LogP contribution in [0.25, 0.3) is 5.57 Å². The number of allylic oxidation sites excluding steroid dienone is 1. The van der Waals surface area contributed by atoms with Gasteiger partial charge in [0.2, 0.25) is 0 Å². The summed E-state index contributed by atoms with van der Waals surface area (Å²) in [4.78, 5) is 19.3. The van der Waals surface area contributed by atoms with Crippen LogP contribution >= 0.6 is 23.2 Å². The number of carbonyl (C=O) groups excluding carboxylic acids is 1. The summed E-state index contributed by atoms with van der Waals surface area (Å²) in [6.45, 7) is 0. The highest BCUT2D eigenvalue weighted by atomic mass is 35.5. The van der Waals surface area contributed by atoms with Crippen LogP contribution in [0.1, 0.15) is 35.3 Å². The molecule has 1 aromatic heterocycles. The van der Waals surface area contributed by atoms with Crippen molar-refractivity contribution in [2.75, 3.05) is 19.4 Å². The van der Waals surface area contributed by atoms with Gasteiger partial charge in [-0.3, -0.25) is 4.79 Å². The minimum atomic E-state index is -0.304. The molecule has 1 amide bonds. The molecule has 1 aliphatic rings. The van der Waals surface area contributed by atoms with Gasteiger partial charge in [0.05, 0.1) is 16.3 Å². The molecule has 1 N–H and O–H groups in total. The minimum absolute atomic E-state index is 0.304. The van der Waals surface area contributed by atoms with Gasteiger partial charge in [0.25, 0.3) is 5.91 Å². The number of anilines is 1. The molecule has 1 unspecified atom stereocenters. The summed E-state index contributed by atoms with van der Waals surface area (Å²) in [6.07, 6.45) is 5.35. The highest BCUT2D eigenvalue weighted by Gasteiger charge is 2.18. The Morgan fingerprint density at radius 2 is 2.04 bits per heavy atom. The van der Waals surface area contributed by atoms with E-state index in [1.165, 1.54) is 5.57 Å². The third-order valence-corrected chi connectivity index (χ3v) is 5.16. The van der Waals surface area contributed by atoms with Crippen molar-refractivity contribution in [2.45, 2.75) is 25.3 Å². The van der Waals surface area contributed by atoms with Gasteiger partial charge in [0.15, 0.2) is 0 Å². The zero-order valence-corrected chi connectivity index (χ0v) is 16.3. The standard InChI is InChI=1S/C20H21Cl2N3O/c1-25(2)15-9-6-13(7-10-15)18-4-3-5-19(23-18)24-20(26)16-11-8-14(21)12-17(16)22/h3-6,8,11-12,15H,7,9-10H2,1-2H3,(H,23,24,26). The molecule has 0 bridgehead atoms. The van der Waals surface area contributed by atoms with E-state index in [1.807, 2.05) is 12.1 Å². The van der Waals surface area contributed by atoms with E-state index in [-0.39, 0.29) is 5.91 Å². The molecule has 0 aliphatic heterocycles. The summed E-state index contributed by atoms with van der Waals surface area (Å²) >= 11 is 12.0. The second kappa shape index (κ2) is 8.21. The molecule has 2 aromatic rings. The molecule has 1 aliphatic carbocycles. The average Bonchev–Trinajstić information content (AvgIpc) is 2.62. The van der Waals surface area contributed by atoms with Crippen molar-refractivity contribution in [2.24, 2.45) is 0 Å². The van der Waals surface area contributed by atoms with Crippen LogP contribution in [-0.4, -0.2) is 35.9 Å². The Bertz CT molecular complexity index is 849. The fourth-order valence-corrected chi connectivity index (χ4v) is 3.56. The first-order chi connectivity index (χ1) is 12.4. The third kappa shape index (κ3) is 4.44. The van der Waals surface area contributed by atoms with E-state index in [0.29, 0.717) is 27.5 Å². The van der Waals surface area contributed by atoms with Crippen LogP contribution < -0.4 is 5.32 Å². The molecule has 1 aromatic carbocycles. The number of nitrogens with one attached hydrogen (secondary N) is 1. The molecule has 0 fully saturated rings. The maximum absolute atomic E-state index is 12.5. The number of benzene rings is 1. The van der Waals surface area contributed by atoms with Crippen LogP contribution in [0.15, 0.2) is 42.5 Å². The number of halogens is 2. The van der Waals surface area contributed by atoms with E-state index in [1.54, 1.807) is 24.3 Å². The number of carbonyl (C=O) groups is 1. The summed E-state index contributed by atoms with van der Waals surface area (Å²) in [5, 5.41) is 3.62. The average molecular weight is 390 g/mol. The van der Waals surface area contributed by atoms with Crippen molar-refractivity contribution in [3.05, 3.63) is 63.8 Å². The van der Waals surface area contributed by atoms with Crippen LogP contribution in [0.3, 0.4) is 0 Å². The molecule has 0 saturated heterocycles. The van der Waals surface area contributed by atoms with E-state index < -0.39 is 0 Å². The fraction of sp³-hybridized carbons (Fsp3) is 0.300. The lowest BCUT2D eigenvalue weighted by Gasteiger charge is -2.27. The number of pyridine rings is 1. The van der Waals surface area contributed by atoms with Crippen molar-refractivity contribution >= 4 is 40.5 Å². The SMILES string of the molecule is CN(C)C1CC=C(c2cccc(NC(=O)c3ccc(Cl)cc3Cl)n2)CC1. The van der Waals surface area contributed by atoms with Gasteiger partial charge >= 0.3 is 0 Å². The second-order valence-corrected chi connectivity index (χ2v) is 7.45. The van der Waals surface area contributed by atoms with Gasteiger partial charge in [-0.2, -0.15) is 0 Å². The number of amides is 1. The highest BCUT2D eigenvalue weighted by Crippen LogP contribution is 2.28. The summed E-state index contributed by atoms with van der Waals surface area (Å²) in [5.41, 5.74) is 2.50. The number of hydrogen-bond acceptors (Lipinski definition) is 3. The van der Waals surface area contributed by atoms with Crippen molar-refractivity contribution < 1.29 is 4.79 Å². The van der Waals surface area contributed by atoms with E-state index in [0.717, 1.165) is 25.0 Å². The summed E-state index contributed by atoms with van der Waals surface area (Å²) in [5.74, 6) is 0.204. The molecule has 6 heteroatoms. The molecule has 0 saturated carbocycles. The quantitative estimate of drug-likeness (QED) is 0.787. The van der Waals surface area contributed by atoms with Gasteiger partial charge in [-0.15, -0.1) is 0 Å². The van der Waals surface area contributed by atoms with Gasteiger partial charge in [-0.25, -0.2) is 4.98 Å². The monoisotopic (exact) mass is 389 g/mol. The van der Waals surface area contributed by atoms with E-state index in [4.69, 9.17) is 23.2 Å². The van der Waals surface area contributed by atoms with E-state index in [9.17, 15) is 4.79 Å². The third-order valence-electron chi connectivity index (χ3n) is 4.61. The summed E-state index contributed by atoms with van der Waals surface area (Å²) in [7, 11) is 4.22. The first-order valence-electron chi connectivity index (χ1n) is 8.53. The highest BCUT2D eigenvalue weighted by molar-refractivity contribution is 6.37. The van der Waals surface area contributed by atoms with Crippen molar-refractivity contribution in [3.63, 3.8) is 0 Å². The van der Waals surface area contributed by atoms with Crippen molar-refractivity contribution in [3.8, 4) is 0 Å². The Kier molecular flexibility index (Phi) is 5.97. The number of rotatable bonds is 4. The smallest absolute Gasteiger partial charge is 0.258 e. The summed E-state index contributed by atoms with van der Waals surface area (Å²) in [6, 6.07) is 11.0. The first-order valence-corrected chi connectivity index (χ1v) is 9.29. The first kappa shape index (κ1) is 18.9. The maximum Gasteiger partial charge on any atom is 0.258 e. The molecule has 26 heavy (non-hydrogen) atoms. The molecular weight excluding hydrogens is 369 g/mol. The van der Waals surface area contributed by atoms with Gasteiger partial charge in [-0.05, 0) is 69.3 Å². The second-order valence-electron chi connectivity index (χ2n) is 6.61. The maximum atomic E-state index is 12.5. The van der Waals surface area contributed by atoms with Crippen LogP contribution in [0.5, 0.6) is 0 Å². The van der Waals surface area contributed by atoms with Crippen LogP contribution in [0.4, 0.5) is 5.82 Å². The Balaban J connectivity index is 1.75. The molecule has 1 heterocycles. The topological polar surface area (TPSA) is 45.2 Å². The Labute approximate surface area is 163 Å². The van der Waals surface area contributed by atoms with E-state index >= 15 is 0 Å². The minimum Gasteiger partial charge on any atom is -0.306 e. The molecule has 0 spiro atoms. The van der Waals surface area contributed by atoms with Gasteiger partial charge in [0.1, 0.15) is 5.82 Å². The molecule has 1 atom stereocenters. The lowest BCUT2D eigenvalue weighted by molar-refractivity contribution is 0.102. The van der Waals surface area contributed by atoms with Crippen molar-refractivity contribution in [1.29, 1.82) is 0 Å². The zero-order valence-electron chi connectivity index (χ0n) is 14.8. The predicted molar refractivity (Wildman–Crippen MR) is 108 cm³/mol. The van der Waals surface area contributed by atoms with Crippen molar-refractivity contribution in [1.82, 2.24) is 9.88 Å². The molecule has 0 radical (unpaired) electrons. The summed E-state index contributed by atoms with van der Waals surface area (Å²) < 4.78 is 0. The molecule has 136 valence electrons. The van der Waals surface area contributed by atoms with Crippen LogP contribution in [0.2, 0.25) is 10.0 Å². The van der Waals surface area contributed by atoms with Gasteiger partial charge < -0.3 is 10.2 Å². The molecular formula is C20H21Cl2N3O. The Morgan fingerprint density at radius 1 is 1.23 bits per heavy atom. The lowest BCUT2D eigenvalue weighted by atomic mass is 9.92. The van der Waals surface area contributed by atoms with E-state index in [2.05, 4.69) is 35.4 Å². The molecule has 3 rings (SSSR count). The van der Waals surface area contributed by atoms with Crippen LogP contribution in [0, 0.1) is 0 Å². The molecule has 4 nitrogen and oxygen atoms in total. The van der Waals surface area contributed by atoms with Crippen LogP contribution in [-0.2, 0) is 0 Å². The zero-order chi connectivity index (χ0) is 18.7. The Hall–Kier alpha value is -1.88. The number of aromatic nitrogens is 1. The number of nitrogens with zero attached hydrogens (tertiary/aromatic N) is 2.